The molecule has 0 aromatic carbocycles. The van der Waals surface area contributed by atoms with Gasteiger partial charge in [0.15, 0.2) is 0 Å². The number of fused-ring (bicyclic) bond motifs is 1. The van der Waals surface area contributed by atoms with Crippen LogP contribution in [-0.2, 0) is 9.57 Å². The Morgan fingerprint density at radius 2 is 1.66 bits per heavy atom. The van der Waals surface area contributed by atoms with E-state index in [1.54, 1.807) is 0 Å². The molecule has 0 bridgehead atoms. The van der Waals surface area contributed by atoms with Crippen LogP contribution in [0.3, 0.4) is 0 Å². The molecular formula is C25H46N2O2. The summed E-state index contributed by atoms with van der Waals surface area (Å²) in [5.74, 6) is 4.31. The van der Waals surface area contributed by atoms with E-state index in [-0.39, 0.29) is 0 Å². The number of hydrogen-bond donors (Lipinski definition) is 2. The predicted octanol–water partition coefficient (Wildman–Crippen LogP) is 5.08. The quantitative estimate of drug-likeness (QED) is 0.590. The van der Waals surface area contributed by atoms with Gasteiger partial charge in [0.2, 0.25) is 0 Å². The lowest BCUT2D eigenvalue weighted by atomic mass is 9.63. The Balaban J connectivity index is 1.44. The molecule has 0 spiro atoms. The Labute approximate surface area is 179 Å². The Bertz CT molecular complexity index is 481. The van der Waals surface area contributed by atoms with Crippen LogP contribution in [0.5, 0.6) is 0 Å². The van der Waals surface area contributed by atoms with Crippen LogP contribution in [0.2, 0.25) is 0 Å². The third kappa shape index (κ3) is 5.75. The molecule has 5 unspecified atom stereocenters. The Hall–Kier alpha value is -0.160. The molecule has 168 valence electrons. The summed E-state index contributed by atoms with van der Waals surface area (Å²) in [5.41, 5.74) is 3.21. The van der Waals surface area contributed by atoms with E-state index < -0.39 is 0 Å². The van der Waals surface area contributed by atoms with Crippen LogP contribution in [0.15, 0.2) is 0 Å². The first-order valence-corrected chi connectivity index (χ1v) is 12.9. The minimum absolute atomic E-state index is 0.311. The van der Waals surface area contributed by atoms with Gasteiger partial charge in [-0.3, -0.25) is 4.84 Å². The van der Waals surface area contributed by atoms with Crippen LogP contribution in [-0.4, -0.2) is 38.4 Å². The molecule has 29 heavy (non-hydrogen) atoms. The Morgan fingerprint density at radius 3 is 2.38 bits per heavy atom. The zero-order valence-electron chi connectivity index (χ0n) is 19.0. The van der Waals surface area contributed by atoms with E-state index in [4.69, 9.17) is 9.57 Å². The molecule has 0 amide bonds. The largest absolute Gasteiger partial charge is 0.376 e. The van der Waals surface area contributed by atoms with Gasteiger partial charge in [0, 0.05) is 12.5 Å². The van der Waals surface area contributed by atoms with Crippen molar-refractivity contribution in [1.82, 2.24) is 10.8 Å². The van der Waals surface area contributed by atoms with Gasteiger partial charge in [0.25, 0.3) is 0 Å². The number of hydroxylamine groups is 1. The SMILES string of the molecule is CNC[C@H](C1CCC2CCCCC2C1)[C@H](OCC1CC(C)ON1)C1CCCCC1. The molecule has 0 aromatic rings. The molecule has 4 nitrogen and oxygen atoms in total. The normalized spacial score (nSPS) is 38.5. The summed E-state index contributed by atoms with van der Waals surface area (Å²) in [7, 11) is 2.14. The first kappa shape index (κ1) is 22.0. The van der Waals surface area contributed by atoms with Gasteiger partial charge < -0.3 is 10.1 Å². The van der Waals surface area contributed by atoms with Gasteiger partial charge in [-0.15, -0.1) is 0 Å². The second-order valence-corrected chi connectivity index (χ2v) is 10.8. The van der Waals surface area contributed by atoms with E-state index in [1.807, 2.05) is 0 Å². The fourth-order valence-electron chi connectivity index (χ4n) is 7.20. The van der Waals surface area contributed by atoms with Crippen molar-refractivity contribution >= 4 is 0 Å². The highest BCUT2D eigenvalue weighted by atomic mass is 16.7. The van der Waals surface area contributed by atoms with Crippen LogP contribution in [0, 0.1) is 29.6 Å². The van der Waals surface area contributed by atoms with Crippen molar-refractivity contribution < 1.29 is 9.57 Å². The summed E-state index contributed by atoms with van der Waals surface area (Å²) >= 11 is 0. The van der Waals surface area contributed by atoms with Crippen molar-refractivity contribution in [1.29, 1.82) is 0 Å². The lowest BCUT2D eigenvalue weighted by Crippen LogP contribution is -2.46. The molecule has 1 heterocycles. The smallest absolute Gasteiger partial charge is 0.0779 e. The average molecular weight is 407 g/mol. The molecule has 1 saturated heterocycles. The van der Waals surface area contributed by atoms with E-state index in [1.165, 1.54) is 77.0 Å². The summed E-state index contributed by atoms with van der Waals surface area (Å²) in [6, 6.07) is 0.361. The van der Waals surface area contributed by atoms with Gasteiger partial charge in [0.05, 0.1) is 24.9 Å². The second kappa shape index (κ2) is 10.9. The summed E-state index contributed by atoms with van der Waals surface area (Å²) in [6.07, 6.45) is 19.1. The summed E-state index contributed by atoms with van der Waals surface area (Å²) in [5, 5.41) is 3.57. The van der Waals surface area contributed by atoms with E-state index in [2.05, 4.69) is 24.8 Å². The zero-order valence-corrected chi connectivity index (χ0v) is 19.0. The first-order chi connectivity index (χ1) is 14.2. The second-order valence-electron chi connectivity index (χ2n) is 10.8. The zero-order chi connectivity index (χ0) is 20.1. The van der Waals surface area contributed by atoms with Gasteiger partial charge >= 0.3 is 0 Å². The van der Waals surface area contributed by atoms with Crippen LogP contribution in [0.25, 0.3) is 0 Å². The molecule has 3 aliphatic carbocycles. The fourth-order valence-corrected chi connectivity index (χ4v) is 7.20. The van der Waals surface area contributed by atoms with Crippen molar-refractivity contribution in [2.45, 2.75) is 109 Å². The van der Waals surface area contributed by atoms with E-state index in [0.717, 1.165) is 43.2 Å². The first-order valence-electron chi connectivity index (χ1n) is 12.9. The molecule has 4 heteroatoms. The lowest BCUT2D eigenvalue weighted by Gasteiger charge is -2.46. The van der Waals surface area contributed by atoms with Crippen molar-refractivity contribution in [3.63, 3.8) is 0 Å². The van der Waals surface area contributed by atoms with Crippen molar-refractivity contribution in [2.75, 3.05) is 20.2 Å². The molecule has 1 aliphatic heterocycles. The van der Waals surface area contributed by atoms with Gasteiger partial charge in [-0.2, -0.15) is 5.48 Å². The molecule has 3 saturated carbocycles. The topological polar surface area (TPSA) is 42.5 Å². The average Bonchev–Trinajstić information content (AvgIpc) is 3.18. The lowest BCUT2D eigenvalue weighted by molar-refractivity contribution is -0.0753. The third-order valence-electron chi connectivity index (χ3n) is 8.70. The van der Waals surface area contributed by atoms with Gasteiger partial charge in [-0.25, -0.2) is 0 Å². The molecule has 4 aliphatic rings. The molecular weight excluding hydrogens is 360 g/mol. The van der Waals surface area contributed by atoms with E-state index >= 15 is 0 Å². The molecule has 4 fully saturated rings. The van der Waals surface area contributed by atoms with E-state index in [0.29, 0.717) is 24.2 Å². The van der Waals surface area contributed by atoms with E-state index in [9.17, 15) is 0 Å². The maximum absolute atomic E-state index is 6.84. The highest BCUT2D eigenvalue weighted by Gasteiger charge is 2.41. The van der Waals surface area contributed by atoms with Crippen molar-refractivity contribution in [3.05, 3.63) is 0 Å². The summed E-state index contributed by atoms with van der Waals surface area (Å²) in [6.45, 7) is 4.08. The van der Waals surface area contributed by atoms with Crippen molar-refractivity contribution in [3.8, 4) is 0 Å². The van der Waals surface area contributed by atoms with Crippen LogP contribution in [0.1, 0.15) is 90.4 Å². The van der Waals surface area contributed by atoms with Gasteiger partial charge in [0.1, 0.15) is 0 Å². The maximum atomic E-state index is 6.84. The number of ether oxygens (including phenoxy) is 1. The fraction of sp³-hybridized carbons (Fsp3) is 1.00. The van der Waals surface area contributed by atoms with Crippen LogP contribution in [0.4, 0.5) is 0 Å². The third-order valence-corrected chi connectivity index (χ3v) is 8.70. The Kier molecular flexibility index (Phi) is 8.31. The summed E-state index contributed by atoms with van der Waals surface area (Å²) < 4.78 is 6.84. The van der Waals surface area contributed by atoms with Crippen molar-refractivity contribution in [2.24, 2.45) is 29.6 Å². The predicted molar refractivity (Wildman–Crippen MR) is 119 cm³/mol. The molecule has 4 rings (SSSR count). The minimum Gasteiger partial charge on any atom is -0.376 e. The highest BCUT2D eigenvalue weighted by molar-refractivity contribution is 4.92. The molecule has 0 aromatic heterocycles. The Morgan fingerprint density at radius 1 is 0.897 bits per heavy atom. The summed E-state index contributed by atoms with van der Waals surface area (Å²) in [4.78, 5) is 5.58. The highest BCUT2D eigenvalue weighted by Crippen LogP contribution is 2.47. The standard InChI is InChI=1S/C25H46N2O2/c1-18-14-23(27-29-18)17-28-25(20-9-4-3-5-10-20)24(16-26-2)22-13-12-19-8-6-7-11-21(19)15-22/h18-27H,3-17H2,1-2H3/t18?,19?,21?,22?,23?,24-,25-/m1/s1. The monoisotopic (exact) mass is 406 g/mol. The maximum Gasteiger partial charge on any atom is 0.0779 e. The number of rotatable bonds is 8. The van der Waals surface area contributed by atoms with Gasteiger partial charge in [-0.05, 0) is 76.2 Å². The van der Waals surface area contributed by atoms with Crippen LogP contribution < -0.4 is 10.8 Å². The number of hydrogen-bond acceptors (Lipinski definition) is 4. The number of nitrogens with one attached hydrogen (secondary N) is 2. The minimum atomic E-state index is 0.311. The molecule has 0 radical (unpaired) electrons. The van der Waals surface area contributed by atoms with Crippen LogP contribution >= 0.6 is 0 Å². The molecule has 7 atom stereocenters. The molecule has 2 N–H and O–H groups in total. The van der Waals surface area contributed by atoms with Gasteiger partial charge in [-0.1, -0.05) is 44.9 Å².